The van der Waals surface area contributed by atoms with Crippen LogP contribution < -0.4 is 4.57 Å². The fraction of sp³-hybridized carbons (Fsp3) is 0.444. The molecular formula is C9H14NS+. The predicted molar refractivity (Wildman–Crippen MR) is 49.8 cm³/mol. The first-order chi connectivity index (χ1) is 5.15. The molecule has 60 valence electrons. The lowest BCUT2D eigenvalue weighted by atomic mass is 10.2. The maximum atomic E-state index is 4.25. The van der Waals surface area contributed by atoms with Crippen molar-refractivity contribution in [2.24, 2.45) is 7.05 Å². The van der Waals surface area contributed by atoms with Gasteiger partial charge in [-0.2, -0.15) is 12.6 Å². The summed E-state index contributed by atoms with van der Waals surface area (Å²) in [6, 6.07) is 4.34. The SMILES string of the molecule is Cc1cc(C)[n+](C)c(CS)c1. The minimum absolute atomic E-state index is 0.805. The van der Waals surface area contributed by atoms with Crippen LogP contribution in [0.15, 0.2) is 12.1 Å². The van der Waals surface area contributed by atoms with Gasteiger partial charge in [0.1, 0.15) is 7.05 Å². The third-order valence-corrected chi connectivity index (χ3v) is 2.28. The van der Waals surface area contributed by atoms with E-state index in [0.29, 0.717) is 0 Å². The summed E-state index contributed by atoms with van der Waals surface area (Å²) in [6.45, 7) is 4.22. The third-order valence-electron chi connectivity index (χ3n) is 1.95. The van der Waals surface area contributed by atoms with Gasteiger partial charge in [0, 0.05) is 19.1 Å². The van der Waals surface area contributed by atoms with Gasteiger partial charge in [-0.05, 0) is 12.5 Å². The van der Waals surface area contributed by atoms with Crippen molar-refractivity contribution >= 4 is 12.6 Å². The summed E-state index contributed by atoms with van der Waals surface area (Å²) < 4.78 is 2.17. The van der Waals surface area contributed by atoms with Crippen LogP contribution in [0.5, 0.6) is 0 Å². The molecule has 0 aliphatic rings. The van der Waals surface area contributed by atoms with Crippen LogP contribution in [0.4, 0.5) is 0 Å². The van der Waals surface area contributed by atoms with Crippen molar-refractivity contribution in [3.8, 4) is 0 Å². The van der Waals surface area contributed by atoms with Crippen LogP contribution in [0.2, 0.25) is 0 Å². The molecule has 1 aromatic heterocycles. The highest BCUT2D eigenvalue weighted by Crippen LogP contribution is 2.03. The molecule has 1 heterocycles. The molecule has 0 aliphatic carbocycles. The number of nitrogens with zero attached hydrogens (tertiary/aromatic N) is 1. The second-order valence-corrected chi connectivity index (χ2v) is 3.20. The largest absolute Gasteiger partial charge is 0.202 e. The molecule has 0 aromatic carbocycles. The first kappa shape index (κ1) is 8.60. The van der Waals surface area contributed by atoms with Crippen molar-refractivity contribution < 1.29 is 4.57 Å². The van der Waals surface area contributed by atoms with Gasteiger partial charge in [0.25, 0.3) is 0 Å². The van der Waals surface area contributed by atoms with E-state index in [1.807, 2.05) is 0 Å². The fourth-order valence-corrected chi connectivity index (χ4v) is 1.51. The lowest BCUT2D eigenvalue weighted by Crippen LogP contribution is -2.36. The van der Waals surface area contributed by atoms with Gasteiger partial charge in [0.05, 0.1) is 5.75 Å². The zero-order chi connectivity index (χ0) is 8.43. The van der Waals surface area contributed by atoms with Crippen LogP contribution in [-0.4, -0.2) is 0 Å². The van der Waals surface area contributed by atoms with E-state index in [1.54, 1.807) is 0 Å². The number of pyridine rings is 1. The molecule has 0 saturated heterocycles. The van der Waals surface area contributed by atoms with Gasteiger partial charge in [0.2, 0.25) is 0 Å². The second-order valence-electron chi connectivity index (χ2n) is 2.88. The van der Waals surface area contributed by atoms with Crippen LogP contribution in [-0.2, 0) is 12.8 Å². The molecule has 11 heavy (non-hydrogen) atoms. The van der Waals surface area contributed by atoms with Crippen molar-refractivity contribution in [1.29, 1.82) is 0 Å². The Morgan fingerprint density at radius 2 is 2.00 bits per heavy atom. The molecule has 0 atom stereocenters. The Balaban J connectivity index is 3.24. The maximum Gasteiger partial charge on any atom is 0.191 e. The summed E-state index contributed by atoms with van der Waals surface area (Å²) in [7, 11) is 2.07. The molecule has 1 aromatic rings. The molecule has 0 N–H and O–H groups in total. The molecule has 0 spiro atoms. The number of hydrogen-bond acceptors (Lipinski definition) is 1. The maximum absolute atomic E-state index is 4.25. The average Bonchev–Trinajstić information content (AvgIpc) is 1.96. The highest BCUT2D eigenvalue weighted by molar-refractivity contribution is 7.79. The number of rotatable bonds is 1. The smallest absolute Gasteiger partial charge is 0.191 e. The molecule has 0 fully saturated rings. The molecule has 2 heteroatoms. The second kappa shape index (κ2) is 3.26. The van der Waals surface area contributed by atoms with Crippen LogP contribution >= 0.6 is 12.6 Å². The zero-order valence-corrected chi connectivity index (χ0v) is 8.15. The van der Waals surface area contributed by atoms with Gasteiger partial charge in [-0.15, -0.1) is 0 Å². The summed E-state index contributed by atoms with van der Waals surface area (Å²) >= 11 is 4.25. The van der Waals surface area contributed by atoms with Crippen molar-refractivity contribution in [2.75, 3.05) is 0 Å². The van der Waals surface area contributed by atoms with Crippen LogP contribution in [0.25, 0.3) is 0 Å². The molecule has 1 nitrogen and oxygen atoms in total. The van der Waals surface area contributed by atoms with E-state index in [4.69, 9.17) is 0 Å². The van der Waals surface area contributed by atoms with Crippen molar-refractivity contribution in [3.63, 3.8) is 0 Å². The first-order valence-corrected chi connectivity index (χ1v) is 4.35. The molecule has 0 amide bonds. The molecule has 0 radical (unpaired) electrons. The molecule has 0 bridgehead atoms. The summed E-state index contributed by atoms with van der Waals surface area (Å²) in [6.07, 6.45) is 0. The average molecular weight is 168 g/mol. The Bertz CT molecular complexity index is 269. The van der Waals surface area contributed by atoms with Gasteiger partial charge in [-0.3, -0.25) is 0 Å². The summed E-state index contributed by atoms with van der Waals surface area (Å²) in [4.78, 5) is 0. The lowest BCUT2D eigenvalue weighted by molar-refractivity contribution is -0.684. The van der Waals surface area contributed by atoms with E-state index in [9.17, 15) is 0 Å². The van der Waals surface area contributed by atoms with Crippen molar-refractivity contribution in [2.45, 2.75) is 19.6 Å². The van der Waals surface area contributed by atoms with E-state index in [0.717, 1.165) is 5.75 Å². The molecule has 1 rings (SSSR count). The molecule has 0 unspecified atom stereocenters. The number of thiol groups is 1. The van der Waals surface area contributed by atoms with E-state index < -0.39 is 0 Å². The topological polar surface area (TPSA) is 3.88 Å². The summed E-state index contributed by atoms with van der Waals surface area (Å²) in [5.41, 5.74) is 3.87. The Morgan fingerprint density at radius 3 is 2.55 bits per heavy atom. The van der Waals surface area contributed by atoms with Gasteiger partial charge in [0.15, 0.2) is 11.4 Å². The Labute approximate surface area is 73.5 Å². The van der Waals surface area contributed by atoms with E-state index >= 15 is 0 Å². The summed E-state index contributed by atoms with van der Waals surface area (Å²) in [5, 5.41) is 0. The molecular weight excluding hydrogens is 154 g/mol. The fourth-order valence-electron chi connectivity index (χ4n) is 1.21. The summed E-state index contributed by atoms with van der Waals surface area (Å²) in [5.74, 6) is 0.805. The predicted octanol–water partition coefficient (Wildman–Crippen LogP) is 1.56. The third kappa shape index (κ3) is 1.74. The first-order valence-electron chi connectivity index (χ1n) is 3.72. The Hall–Kier alpha value is -0.500. The van der Waals surface area contributed by atoms with Crippen LogP contribution in [0.1, 0.15) is 17.0 Å². The standard InChI is InChI=1S/C9H13NS/c1-7-4-8(2)10(3)9(5-7)6-11/h4-5H,6H2,1-3H3/p+1. The number of hydrogen-bond donors (Lipinski definition) is 1. The highest BCUT2D eigenvalue weighted by Gasteiger charge is 2.07. The zero-order valence-electron chi connectivity index (χ0n) is 7.26. The normalized spacial score (nSPS) is 10.2. The number of aryl methyl sites for hydroxylation is 2. The van der Waals surface area contributed by atoms with E-state index in [-0.39, 0.29) is 0 Å². The van der Waals surface area contributed by atoms with Crippen LogP contribution in [0, 0.1) is 13.8 Å². The van der Waals surface area contributed by atoms with E-state index in [1.165, 1.54) is 17.0 Å². The monoisotopic (exact) mass is 168 g/mol. The lowest BCUT2D eigenvalue weighted by Gasteiger charge is -2.00. The molecule has 0 aliphatic heterocycles. The minimum atomic E-state index is 0.805. The van der Waals surface area contributed by atoms with Gasteiger partial charge in [-0.1, -0.05) is 0 Å². The highest BCUT2D eigenvalue weighted by atomic mass is 32.1. The number of aromatic nitrogens is 1. The van der Waals surface area contributed by atoms with Gasteiger partial charge < -0.3 is 0 Å². The molecule has 0 saturated carbocycles. The van der Waals surface area contributed by atoms with Gasteiger partial charge >= 0.3 is 0 Å². The van der Waals surface area contributed by atoms with Crippen molar-refractivity contribution in [1.82, 2.24) is 0 Å². The van der Waals surface area contributed by atoms with Crippen LogP contribution in [0.3, 0.4) is 0 Å². The Morgan fingerprint density at radius 1 is 1.36 bits per heavy atom. The quantitative estimate of drug-likeness (QED) is 0.479. The minimum Gasteiger partial charge on any atom is -0.202 e. The van der Waals surface area contributed by atoms with Crippen molar-refractivity contribution in [3.05, 3.63) is 29.1 Å². The van der Waals surface area contributed by atoms with Gasteiger partial charge in [-0.25, -0.2) is 4.57 Å². The Kier molecular flexibility index (Phi) is 2.55. The van der Waals surface area contributed by atoms with E-state index in [2.05, 4.69) is 50.2 Å².